The molecule has 2 atom stereocenters. The maximum atomic E-state index is 10.2. The summed E-state index contributed by atoms with van der Waals surface area (Å²) in [4.78, 5) is 0. The van der Waals surface area contributed by atoms with E-state index in [4.69, 9.17) is 12.2 Å². The third kappa shape index (κ3) is 4.72. The molecule has 1 aliphatic carbocycles. The van der Waals surface area contributed by atoms with Crippen LogP contribution >= 0.6 is 24.0 Å². The summed E-state index contributed by atoms with van der Waals surface area (Å²) >= 11 is 6.95. The predicted molar refractivity (Wildman–Crippen MR) is 77.1 cm³/mol. The zero-order valence-corrected chi connectivity index (χ0v) is 12.1. The smallest absolute Gasteiger partial charge is 0.0622 e. The van der Waals surface area contributed by atoms with Crippen LogP contribution in [0.5, 0.6) is 0 Å². The highest BCUT2D eigenvalue weighted by Gasteiger charge is 2.26. The number of hydrogen-bond acceptors (Lipinski definition) is 3. The summed E-state index contributed by atoms with van der Waals surface area (Å²) in [7, 11) is 0. The largest absolute Gasteiger partial charge is 0.392 e. The van der Waals surface area contributed by atoms with Gasteiger partial charge in [0.25, 0.3) is 0 Å². The zero-order chi connectivity index (χ0) is 12.0. The van der Waals surface area contributed by atoms with Crippen molar-refractivity contribution < 1.29 is 5.11 Å². The predicted octanol–water partition coefficient (Wildman–Crippen LogP) is 4.03. The lowest BCUT2D eigenvalue weighted by atomic mass is 9.78. The van der Waals surface area contributed by atoms with Crippen LogP contribution in [0, 0.1) is 11.8 Å². The second kappa shape index (κ2) is 7.67. The van der Waals surface area contributed by atoms with Gasteiger partial charge in [-0.25, -0.2) is 0 Å². The molecule has 0 aromatic carbocycles. The van der Waals surface area contributed by atoms with E-state index in [1.54, 1.807) is 11.8 Å². The summed E-state index contributed by atoms with van der Waals surface area (Å²) in [6.45, 7) is 4.30. The summed E-state index contributed by atoms with van der Waals surface area (Å²) in [5.41, 5.74) is 0. The quantitative estimate of drug-likeness (QED) is 0.754. The normalized spacial score (nSPS) is 21.7. The van der Waals surface area contributed by atoms with Crippen molar-refractivity contribution in [3.8, 4) is 0 Å². The van der Waals surface area contributed by atoms with E-state index in [9.17, 15) is 5.11 Å². The third-order valence-electron chi connectivity index (χ3n) is 3.68. The highest BCUT2D eigenvalue weighted by atomic mass is 32.2. The van der Waals surface area contributed by atoms with Gasteiger partial charge >= 0.3 is 0 Å². The Morgan fingerprint density at radius 1 is 1.38 bits per heavy atom. The average molecular weight is 260 g/mol. The number of hydrogen-bond donors (Lipinski definition) is 1. The Morgan fingerprint density at radius 3 is 2.56 bits per heavy atom. The van der Waals surface area contributed by atoms with Gasteiger partial charge < -0.3 is 5.11 Å². The summed E-state index contributed by atoms with van der Waals surface area (Å²) < 4.78 is 0.970. The van der Waals surface area contributed by atoms with Gasteiger partial charge in [-0.1, -0.05) is 58.2 Å². The van der Waals surface area contributed by atoms with Crippen molar-refractivity contribution in [2.45, 2.75) is 58.5 Å². The fourth-order valence-corrected chi connectivity index (χ4v) is 3.69. The molecule has 0 spiro atoms. The number of rotatable bonds is 5. The highest BCUT2D eigenvalue weighted by Crippen LogP contribution is 2.32. The van der Waals surface area contributed by atoms with Gasteiger partial charge in [-0.2, -0.15) is 0 Å². The van der Waals surface area contributed by atoms with Gasteiger partial charge in [0.2, 0.25) is 0 Å². The zero-order valence-electron chi connectivity index (χ0n) is 10.4. The molecule has 0 aliphatic heterocycles. The Hall–Kier alpha value is 0.400. The van der Waals surface area contributed by atoms with Crippen molar-refractivity contribution >= 4 is 28.2 Å². The molecule has 0 saturated heterocycles. The minimum Gasteiger partial charge on any atom is -0.392 e. The van der Waals surface area contributed by atoms with Crippen molar-refractivity contribution in [3.05, 3.63) is 0 Å². The molecule has 16 heavy (non-hydrogen) atoms. The van der Waals surface area contributed by atoms with E-state index >= 15 is 0 Å². The molecule has 3 heteroatoms. The van der Waals surface area contributed by atoms with Crippen LogP contribution < -0.4 is 0 Å². The van der Waals surface area contributed by atoms with Gasteiger partial charge in [-0.15, -0.1) is 11.8 Å². The van der Waals surface area contributed by atoms with Crippen molar-refractivity contribution in [1.29, 1.82) is 0 Å². The molecular weight excluding hydrogens is 236 g/mol. The van der Waals surface area contributed by atoms with Crippen LogP contribution in [0.4, 0.5) is 0 Å². The molecule has 94 valence electrons. The standard InChI is InChI=1S/C13H24OS2/c1-3-16-13(15)9-12(14)10(2)11-7-5-4-6-8-11/h10-12,14H,3-9H2,1-2H3/t10-,12+/m1/s1. The van der Waals surface area contributed by atoms with Gasteiger partial charge in [-0.05, 0) is 17.6 Å². The summed E-state index contributed by atoms with van der Waals surface area (Å²) in [6.07, 6.45) is 7.13. The average Bonchev–Trinajstić information content (AvgIpc) is 2.29. The molecule has 1 nitrogen and oxygen atoms in total. The first-order valence-corrected chi connectivity index (χ1v) is 7.88. The van der Waals surface area contributed by atoms with Gasteiger partial charge in [0, 0.05) is 6.42 Å². The first-order chi connectivity index (χ1) is 7.65. The van der Waals surface area contributed by atoms with Crippen LogP contribution in [0.15, 0.2) is 0 Å². The summed E-state index contributed by atoms with van der Waals surface area (Å²) in [5.74, 6) is 2.15. The maximum Gasteiger partial charge on any atom is 0.0622 e. The Kier molecular flexibility index (Phi) is 6.94. The fourth-order valence-electron chi connectivity index (χ4n) is 2.55. The molecule has 0 amide bonds. The molecule has 0 bridgehead atoms. The Balaban J connectivity index is 2.33. The van der Waals surface area contributed by atoms with Crippen LogP contribution in [0.1, 0.15) is 52.4 Å². The lowest BCUT2D eigenvalue weighted by Gasteiger charge is -2.31. The molecule has 1 aliphatic rings. The minimum absolute atomic E-state index is 0.227. The van der Waals surface area contributed by atoms with E-state index < -0.39 is 0 Å². The molecule has 0 aromatic rings. The van der Waals surface area contributed by atoms with E-state index in [2.05, 4.69) is 13.8 Å². The Labute approximate surface area is 109 Å². The van der Waals surface area contributed by atoms with Crippen LogP contribution in [-0.4, -0.2) is 21.2 Å². The molecule has 0 aromatic heterocycles. The molecule has 1 N–H and O–H groups in total. The molecule has 0 radical (unpaired) electrons. The number of thioether (sulfide) groups is 1. The van der Waals surface area contributed by atoms with Crippen LogP contribution in [-0.2, 0) is 0 Å². The molecule has 1 saturated carbocycles. The minimum atomic E-state index is -0.227. The topological polar surface area (TPSA) is 20.2 Å². The van der Waals surface area contributed by atoms with Gasteiger partial charge in [0.15, 0.2) is 0 Å². The molecule has 0 unspecified atom stereocenters. The van der Waals surface area contributed by atoms with E-state index in [-0.39, 0.29) is 6.10 Å². The van der Waals surface area contributed by atoms with Crippen LogP contribution in [0.25, 0.3) is 0 Å². The SMILES string of the molecule is CCSC(=S)C[C@H](O)[C@H](C)C1CCCCC1. The lowest BCUT2D eigenvalue weighted by Crippen LogP contribution is -2.28. The molecule has 0 heterocycles. The van der Waals surface area contributed by atoms with Crippen molar-refractivity contribution in [1.82, 2.24) is 0 Å². The second-order valence-electron chi connectivity index (χ2n) is 4.83. The van der Waals surface area contributed by atoms with E-state index in [1.165, 1.54) is 32.1 Å². The monoisotopic (exact) mass is 260 g/mol. The number of aliphatic hydroxyl groups is 1. The Bertz CT molecular complexity index is 212. The van der Waals surface area contributed by atoms with Crippen molar-refractivity contribution in [2.24, 2.45) is 11.8 Å². The molecule has 1 fully saturated rings. The number of thiocarbonyl (C=S) groups is 1. The van der Waals surface area contributed by atoms with Gasteiger partial charge in [-0.3, -0.25) is 0 Å². The molecule has 1 rings (SSSR count). The van der Waals surface area contributed by atoms with Crippen LogP contribution in [0.2, 0.25) is 0 Å². The van der Waals surface area contributed by atoms with E-state index in [0.29, 0.717) is 12.3 Å². The number of aliphatic hydroxyl groups excluding tert-OH is 1. The second-order valence-corrected chi connectivity index (χ2v) is 6.94. The van der Waals surface area contributed by atoms with Gasteiger partial charge in [0.1, 0.15) is 0 Å². The first kappa shape index (κ1) is 14.5. The van der Waals surface area contributed by atoms with Crippen molar-refractivity contribution in [3.63, 3.8) is 0 Å². The van der Waals surface area contributed by atoms with E-state index in [0.717, 1.165) is 15.9 Å². The fraction of sp³-hybridized carbons (Fsp3) is 0.923. The Morgan fingerprint density at radius 2 is 2.00 bits per heavy atom. The van der Waals surface area contributed by atoms with E-state index in [1.807, 2.05) is 0 Å². The van der Waals surface area contributed by atoms with Gasteiger partial charge in [0.05, 0.1) is 10.3 Å². The first-order valence-electron chi connectivity index (χ1n) is 6.48. The third-order valence-corrected chi connectivity index (χ3v) is 4.98. The highest BCUT2D eigenvalue weighted by molar-refractivity contribution is 8.23. The lowest BCUT2D eigenvalue weighted by molar-refractivity contribution is 0.0754. The summed E-state index contributed by atoms with van der Waals surface area (Å²) in [5, 5.41) is 10.2. The van der Waals surface area contributed by atoms with Crippen LogP contribution in [0.3, 0.4) is 0 Å². The summed E-state index contributed by atoms with van der Waals surface area (Å²) in [6, 6.07) is 0. The molecular formula is C13H24OS2. The van der Waals surface area contributed by atoms with Crippen molar-refractivity contribution in [2.75, 3.05) is 5.75 Å². The maximum absolute atomic E-state index is 10.2.